The highest BCUT2D eigenvalue weighted by atomic mass is 19.4. The lowest BCUT2D eigenvalue weighted by Gasteiger charge is -2.30. The third-order valence-electron chi connectivity index (χ3n) is 3.96. The predicted molar refractivity (Wildman–Crippen MR) is 70.7 cm³/mol. The van der Waals surface area contributed by atoms with Crippen LogP contribution in [0.25, 0.3) is 10.9 Å². The van der Waals surface area contributed by atoms with Gasteiger partial charge < -0.3 is 9.72 Å². The van der Waals surface area contributed by atoms with Crippen LogP contribution in [0.3, 0.4) is 0 Å². The van der Waals surface area contributed by atoms with Gasteiger partial charge in [-0.3, -0.25) is 0 Å². The average Bonchev–Trinajstić information content (AvgIpc) is 2.86. The fourth-order valence-corrected chi connectivity index (χ4v) is 2.81. The number of halogens is 3. The van der Waals surface area contributed by atoms with Crippen LogP contribution < -0.4 is 4.74 Å². The third-order valence-corrected chi connectivity index (χ3v) is 3.96. The molecule has 1 N–H and O–H groups in total. The highest BCUT2D eigenvalue weighted by Gasteiger charge is 2.41. The molecule has 1 aromatic heterocycles. The summed E-state index contributed by atoms with van der Waals surface area (Å²) >= 11 is 0. The van der Waals surface area contributed by atoms with Crippen LogP contribution >= 0.6 is 0 Å². The van der Waals surface area contributed by atoms with E-state index in [1.807, 2.05) is 30.5 Å². The van der Waals surface area contributed by atoms with Gasteiger partial charge >= 0.3 is 6.18 Å². The van der Waals surface area contributed by atoms with E-state index in [0.29, 0.717) is 12.8 Å². The number of rotatable bonds is 2. The second-order valence-corrected chi connectivity index (χ2v) is 5.36. The summed E-state index contributed by atoms with van der Waals surface area (Å²) in [5.74, 6) is -0.429. The molecule has 5 heteroatoms. The van der Waals surface area contributed by atoms with E-state index in [1.165, 1.54) is 0 Å². The molecule has 1 aromatic carbocycles. The summed E-state index contributed by atoms with van der Waals surface area (Å²) in [4.78, 5) is 3.09. The Kier molecular flexibility index (Phi) is 3.36. The van der Waals surface area contributed by atoms with E-state index >= 15 is 0 Å². The van der Waals surface area contributed by atoms with Crippen LogP contribution in [0.5, 0.6) is 5.75 Å². The molecule has 0 spiro atoms. The number of H-pyrrole nitrogens is 1. The Hall–Kier alpha value is -1.65. The molecule has 3 rings (SSSR count). The van der Waals surface area contributed by atoms with Gasteiger partial charge in [0, 0.05) is 17.1 Å². The maximum absolute atomic E-state index is 12.6. The molecule has 1 fully saturated rings. The van der Waals surface area contributed by atoms with Crippen molar-refractivity contribution < 1.29 is 17.9 Å². The van der Waals surface area contributed by atoms with Crippen LogP contribution in [0.4, 0.5) is 13.2 Å². The van der Waals surface area contributed by atoms with Crippen molar-refractivity contribution in [3.05, 3.63) is 30.5 Å². The van der Waals surface area contributed by atoms with Gasteiger partial charge in [0.05, 0.1) is 12.0 Å². The van der Waals surface area contributed by atoms with Crippen LogP contribution in [0.15, 0.2) is 30.5 Å². The minimum Gasteiger partial charge on any atom is -0.490 e. The quantitative estimate of drug-likeness (QED) is 0.851. The van der Waals surface area contributed by atoms with E-state index in [9.17, 15) is 13.2 Å². The predicted octanol–water partition coefficient (Wildman–Crippen LogP) is 4.67. The topological polar surface area (TPSA) is 25.0 Å². The van der Waals surface area contributed by atoms with Gasteiger partial charge in [-0.15, -0.1) is 0 Å². The second-order valence-electron chi connectivity index (χ2n) is 5.36. The van der Waals surface area contributed by atoms with Crippen LogP contribution in [0.1, 0.15) is 25.7 Å². The van der Waals surface area contributed by atoms with Crippen molar-refractivity contribution in [2.75, 3.05) is 0 Å². The first-order valence-corrected chi connectivity index (χ1v) is 6.83. The summed E-state index contributed by atoms with van der Waals surface area (Å²) < 4.78 is 43.6. The lowest BCUT2D eigenvalue weighted by molar-refractivity contribution is -0.185. The molecular weight excluding hydrogens is 267 g/mol. The number of aromatic nitrogens is 1. The van der Waals surface area contributed by atoms with Crippen molar-refractivity contribution in [3.8, 4) is 5.75 Å². The number of hydrogen-bond acceptors (Lipinski definition) is 1. The maximum Gasteiger partial charge on any atom is 0.391 e. The molecule has 0 amide bonds. The van der Waals surface area contributed by atoms with Gasteiger partial charge in [0.1, 0.15) is 5.75 Å². The van der Waals surface area contributed by atoms with Gasteiger partial charge in [-0.1, -0.05) is 0 Å². The van der Waals surface area contributed by atoms with E-state index in [1.54, 1.807) is 0 Å². The zero-order valence-corrected chi connectivity index (χ0v) is 10.9. The molecule has 0 unspecified atom stereocenters. The second kappa shape index (κ2) is 5.04. The number of hydrogen-bond donors (Lipinski definition) is 1. The molecule has 0 radical (unpaired) electrons. The van der Waals surface area contributed by atoms with Gasteiger partial charge in [0.25, 0.3) is 0 Å². The van der Waals surface area contributed by atoms with Crippen LogP contribution in [-0.2, 0) is 0 Å². The van der Waals surface area contributed by atoms with Gasteiger partial charge in [0.15, 0.2) is 0 Å². The molecule has 20 heavy (non-hydrogen) atoms. The Morgan fingerprint density at radius 3 is 2.50 bits per heavy atom. The number of alkyl halides is 3. The summed E-state index contributed by atoms with van der Waals surface area (Å²) in [5, 5.41) is 1.05. The maximum atomic E-state index is 12.6. The van der Waals surface area contributed by atoms with Crippen molar-refractivity contribution in [1.82, 2.24) is 4.98 Å². The summed E-state index contributed by atoms with van der Waals surface area (Å²) in [7, 11) is 0. The average molecular weight is 283 g/mol. The minimum atomic E-state index is -4.06. The first-order chi connectivity index (χ1) is 9.52. The van der Waals surface area contributed by atoms with Crippen molar-refractivity contribution >= 4 is 10.9 Å². The largest absolute Gasteiger partial charge is 0.490 e. The first-order valence-electron chi connectivity index (χ1n) is 6.83. The van der Waals surface area contributed by atoms with Crippen molar-refractivity contribution in [2.45, 2.75) is 38.0 Å². The Labute approximate surface area is 114 Å². The highest BCUT2D eigenvalue weighted by molar-refractivity contribution is 5.80. The standard InChI is InChI=1S/C15H16F3NO/c16-15(17,18)11-1-3-12(4-2-11)20-13-5-6-14-10(9-13)7-8-19-14/h5-9,11-12,19H,1-4H2. The minimum absolute atomic E-state index is 0.106. The highest BCUT2D eigenvalue weighted by Crippen LogP contribution is 2.38. The molecule has 1 saturated carbocycles. The Morgan fingerprint density at radius 1 is 1.05 bits per heavy atom. The Morgan fingerprint density at radius 2 is 1.80 bits per heavy atom. The Bertz CT molecular complexity index is 582. The fourth-order valence-electron chi connectivity index (χ4n) is 2.81. The fraction of sp³-hybridized carbons (Fsp3) is 0.467. The van der Waals surface area contributed by atoms with Gasteiger partial charge in [-0.2, -0.15) is 13.2 Å². The molecule has 0 bridgehead atoms. The lowest BCUT2D eigenvalue weighted by atomic mass is 9.87. The van der Waals surface area contributed by atoms with E-state index in [4.69, 9.17) is 4.74 Å². The smallest absolute Gasteiger partial charge is 0.391 e. The zero-order valence-electron chi connectivity index (χ0n) is 10.9. The Balaban J connectivity index is 1.62. The number of ether oxygens (including phenoxy) is 1. The molecule has 0 atom stereocenters. The van der Waals surface area contributed by atoms with Crippen molar-refractivity contribution in [3.63, 3.8) is 0 Å². The van der Waals surface area contributed by atoms with Crippen LogP contribution in [0.2, 0.25) is 0 Å². The van der Waals surface area contributed by atoms with Gasteiger partial charge in [-0.05, 0) is 49.9 Å². The SMILES string of the molecule is FC(F)(F)C1CCC(Oc2ccc3[nH]ccc3c2)CC1. The van der Waals surface area contributed by atoms with E-state index < -0.39 is 12.1 Å². The van der Waals surface area contributed by atoms with Gasteiger partial charge in [-0.25, -0.2) is 0 Å². The number of aromatic amines is 1. The first kappa shape index (κ1) is 13.3. The third kappa shape index (κ3) is 2.76. The van der Waals surface area contributed by atoms with E-state index in [0.717, 1.165) is 16.7 Å². The molecule has 1 aliphatic carbocycles. The summed E-state index contributed by atoms with van der Waals surface area (Å²) in [5.41, 5.74) is 1.03. The zero-order chi connectivity index (χ0) is 14.2. The molecular formula is C15H16F3NO. The van der Waals surface area contributed by atoms with E-state index in [2.05, 4.69) is 4.98 Å². The summed E-state index contributed by atoms with van der Waals surface area (Å²) in [6, 6.07) is 7.64. The summed E-state index contributed by atoms with van der Waals surface area (Å²) in [6.45, 7) is 0. The van der Waals surface area contributed by atoms with Gasteiger partial charge in [0.2, 0.25) is 0 Å². The number of nitrogens with one attached hydrogen (secondary N) is 1. The normalized spacial score (nSPS) is 23.9. The molecule has 2 aromatic rings. The lowest BCUT2D eigenvalue weighted by Crippen LogP contribution is -2.31. The summed E-state index contributed by atoms with van der Waals surface area (Å²) in [6.07, 6.45) is -1.05. The molecule has 1 aliphatic rings. The molecule has 108 valence electrons. The van der Waals surface area contributed by atoms with Crippen molar-refractivity contribution in [1.29, 1.82) is 0 Å². The van der Waals surface area contributed by atoms with Crippen LogP contribution in [0, 0.1) is 5.92 Å². The van der Waals surface area contributed by atoms with Crippen molar-refractivity contribution in [2.24, 2.45) is 5.92 Å². The van der Waals surface area contributed by atoms with Crippen LogP contribution in [-0.4, -0.2) is 17.3 Å². The molecule has 2 nitrogen and oxygen atoms in total. The number of benzene rings is 1. The monoisotopic (exact) mass is 283 g/mol. The molecule has 1 heterocycles. The number of fused-ring (bicyclic) bond motifs is 1. The molecule has 0 aliphatic heterocycles. The molecule has 0 saturated heterocycles. The van der Waals surface area contributed by atoms with E-state index in [-0.39, 0.29) is 18.9 Å².